The summed E-state index contributed by atoms with van der Waals surface area (Å²) in [5.41, 5.74) is 1.45. The molecule has 1 unspecified atom stereocenters. The summed E-state index contributed by atoms with van der Waals surface area (Å²) in [5.74, 6) is 0. The van der Waals surface area contributed by atoms with Crippen molar-refractivity contribution in [3.63, 3.8) is 0 Å². The first kappa shape index (κ1) is 14.5. The van der Waals surface area contributed by atoms with Crippen LogP contribution in [0.15, 0.2) is 30.3 Å². The van der Waals surface area contributed by atoms with Gasteiger partial charge in [0.15, 0.2) is 0 Å². The molecule has 0 bridgehead atoms. The summed E-state index contributed by atoms with van der Waals surface area (Å²) in [6, 6.07) is 11.5. The number of rotatable bonds is 5. The SMILES string of the molecule is CN(C)CCCN1CCCNCC1c1ccccc1. The van der Waals surface area contributed by atoms with Gasteiger partial charge in [0.2, 0.25) is 0 Å². The molecule has 1 aliphatic rings. The molecular weight excluding hydrogens is 234 g/mol. The number of nitrogens with zero attached hydrogens (tertiary/aromatic N) is 2. The average Bonchev–Trinajstić information content (AvgIpc) is 2.65. The minimum absolute atomic E-state index is 0.533. The lowest BCUT2D eigenvalue weighted by Gasteiger charge is -2.30. The maximum Gasteiger partial charge on any atom is 0.0472 e. The third kappa shape index (κ3) is 4.60. The van der Waals surface area contributed by atoms with Gasteiger partial charge in [-0.3, -0.25) is 4.90 Å². The van der Waals surface area contributed by atoms with Gasteiger partial charge in [0.05, 0.1) is 0 Å². The Labute approximate surface area is 117 Å². The Hall–Kier alpha value is -0.900. The van der Waals surface area contributed by atoms with Crippen molar-refractivity contribution in [2.75, 3.05) is 46.8 Å². The molecule has 1 aromatic carbocycles. The summed E-state index contributed by atoms with van der Waals surface area (Å²) >= 11 is 0. The van der Waals surface area contributed by atoms with Crippen LogP contribution >= 0.6 is 0 Å². The van der Waals surface area contributed by atoms with Crippen molar-refractivity contribution in [3.8, 4) is 0 Å². The molecule has 1 aliphatic heterocycles. The van der Waals surface area contributed by atoms with Crippen molar-refractivity contribution in [2.45, 2.75) is 18.9 Å². The van der Waals surface area contributed by atoms with Crippen molar-refractivity contribution >= 4 is 0 Å². The molecule has 1 N–H and O–H groups in total. The zero-order chi connectivity index (χ0) is 13.5. The van der Waals surface area contributed by atoms with E-state index in [1.165, 1.54) is 38.0 Å². The van der Waals surface area contributed by atoms with Gasteiger partial charge in [0, 0.05) is 25.7 Å². The smallest absolute Gasteiger partial charge is 0.0472 e. The second-order valence-electron chi connectivity index (χ2n) is 5.68. The molecule has 1 atom stereocenters. The minimum atomic E-state index is 0.533. The van der Waals surface area contributed by atoms with E-state index in [1.54, 1.807) is 0 Å². The summed E-state index contributed by atoms with van der Waals surface area (Å²) in [7, 11) is 4.30. The van der Waals surface area contributed by atoms with E-state index in [-0.39, 0.29) is 0 Å². The topological polar surface area (TPSA) is 18.5 Å². The number of hydrogen-bond donors (Lipinski definition) is 1. The Kier molecular flexibility index (Phi) is 5.83. The summed E-state index contributed by atoms with van der Waals surface area (Å²) in [5, 5.41) is 3.57. The van der Waals surface area contributed by atoms with Crippen LogP contribution in [0.5, 0.6) is 0 Å². The quantitative estimate of drug-likeness (QED) is 0.874. The molecule has 0 saturated carbocycles. The maximum atomic E-state index is 3.57. The van der Waals surface area contributed by atoms with Gasteiger partial charge in [0.25, 0.3) is 0 Å². The molecule has 0 amide bonds. The van der Waals surface area contributed by atoms with Gasteiger partial charge in [-0.25, -0.2) is 0 Å². The van der Waals surface area contributed by atoms with E-state index in [1.807, 2.05) is 0 Å². The maximum absolute atomic E-state index is 3.57. The van der Waals surface area contributed by atoms with Gasteiger partial charge in [0.1, 0.15) is 0 Å². The first-order valence-electron chi connectivity index (χ1n) is 7.42. The first-order chi connectivity index (χ1) is 9.27. The summed E-state index contributed by atoms with van der Waals surface area (Å²) in [4.78, 5) is 4.92. The Balaban J connectivity index is 1.99. The van der Waals surface area contributed by atoms with Crippen LogP contribution in [0, 0.1) is 0 Å². The molecule has 3 nitrogen and oxygen atoms in total. The lowest BCUT2D eigenvalue weighted by atomic mass is 10.1. The largest absolute Gasteiger partial charge is 0.315 e. The minimum Gasteiger partial charge on any atom is -0.315 e. The third-order valence-corrected chi connectivity index (χ3v) is 3.81. The van der Waals surface area contributed by atoms with Crippen LogP contribution in [0.25, 0.3) is 0 Å². The Morgan fingerprint density at radius 1 is 1.26 bits per heavy atom. The van der Waals surface area contributed by atoms with Crippen LogP contribution in [0.1, 0.15) is 24.4 Å². The summed E-state index contributed by atoms with van der Waals surface area (Å²) in [6.07, 6.45) is 2.50. The molecule has 1 heterocycles. The van der Waals surface area contributed by atoms with Gasteiger partial charge < -0.3 is 10.2 Å². The fourth-order valence-corrected chi connectivity index (χ4v) is 2.79. The van der Waals surface area contributed by atoms with E-state index in [2.05, 4.69) is 59.5 Å². The molecule has 0 radical (unpaired) electrons. The van der Waals surface area contributed by atoms with E-state index in [4.69, 9.17) is 0 Å². The second kappa shape index (κ2) is 7.63. The van der Waals surface area contributed by atoms with Crippen molar-refractivity contribution in [2.24, 2.45) is 0 Å². The highest BCUT2D eigenvalue weighted by atomic mass is 15.2. The molecule has 2 rings (SSSR count). The fourth-order valence-electron chi connectivity index (χ4n) is 2.79. The van der Waals surface area contributed by atoms with Crippen molar-refractivity contribution < 1.29 is 0 Å². The molecule has 106 valence electrons. The lowest BCUT2D eigenvalue weighted by Crippen LogP contribution is -2.34. The lowest BCUT2D eigenvalue weighted by molar-refractivity contribution is 0.200. The Morgan fingerprint density at radius 3 is 2.79 bits per heavy atom. The van der Waals surface area contributed by atoms with Crippen LogP contribution in [0.2, 0.25) is 0 Å². The second-order valence-corrected chi connectivity index (χ2v) is 5.68. The molecule has 1 fully saturated rings. The van der Waals surface area contributed by atoms with E-state index < -0.39 is 0 Å². The number of hydrogen-bond acceptors (Lipinski definition) is 3. The molecule has 1 aromatic rings. The van der Waals surface area contributed by atoms with E-state index in [0.29, 0.717) is 6.04 Å². The zero-order valence-electron chi connectivity index (χ0n) is 12.3. The molecule has 19 heavy (non-hydrogen) atoms. The van der Waals surface area contributed by atoms with Gasteiger partial charge in [-0.1, -0.05) is 30.3 Å². The number of nitrogens with one attached hydrogen (secondary N) is 1. The van der Waals surface area contributed by atoms with Crippen LogP contribution in [0.3, 0.4) is 0 Å². The normalized spacial score (nSPS) is 21.5. The third-order valence-electron chi connectivity index (χ3n) is 3.81. The standard InChI is InChI=1S/C16H27N3/c1-18(2)11-7-13-19-12-6-10-17-14-16(19)15-8-4-3-5-9-15/h3-5,8-9,16-17H,6-7,10-14H2,1-2H3. The van der Waals surface area contributed by atoms with Crippen LogP contribution in [-0.4, -0.2) is 56.6 Å². The Morgan fingerprint density at radius 2 is 2.05 bits per heavy atom. The first-order valence-corrected chi connectivity index (χ1v) is 7.42. The van der Waals surface area contributed by atoms with Gasteiger partial charge in [-0.05, 0) is 45.6 Å². The monoisotopic (exact) mass is 261 g/mol. The molecule has 1 saturated heterocycles. The molecule has 3 heteroatoms. The highest BCUT2D eigenvalue weighted by molar-refractivity contribution is 5.19. The molecule has 0 spiro atoms. The van der Waals surface area contributed by atoms with Crippen molar-refractivity contribution in [1.29, 1.82) is 0 Å². The molecular formula is C16H27N3. The highest BCUT2D eigenvalue weighted by Crippen LogP contribution is 2.22. The molecule has 0 aliphatic carbocycles. The zero-order valence-corrected chi connectivity index (χ0v) is 12.3. The van der Waals surface area contributed by atoms with E-state index in [9.17, 15) is 0 Å². The summed E-state index contributed by atoms with van der Waals surface area (Å²) < 4.78 is 0. The predicted molar refractivity (Wildman–Crippen MR) is 81.4 cm³/mol. The van der Waals surface area contributed by atoms with Gasteiger partial charge >= 0.3 is 0 Å². The fraction of sp³-hybridized carbons (Fsp3) is 0.625. The van der Waals surface area contributed by atoms with Crippen LogP contribution < -0.4 is 5.32 Å². The predicted octanol–water partition coefficient (Wildman–Crippen LogP) is 1.97. The number of benzene rings is 1. The van der Waals surface area contributed by atoms with Crippen LogP contribution in [0.4, 0.5) is 0 Å². The van der Waals surface area contributed by atoms with Crippen molar-refractivity contribution in [3.05, 3.63) is 35.9 Å². The van der Waals surface area contributed by atoms with Gasteiger partial charge in [-0.15, -0.1) is 0 Å². The van der Waals surface area contributed by atoms with Crippen molar-refractivity contribution in [1.82, 2.24) is 15.1 Å². The van der Waals surface area contributed by atoms with Gasteiger partial charge in [-0.2, -0.15) is 0 Å². The summed E-state index contributed by atoms with van der Waals surface area (Å²) in [6.45, 7) is 5.80. The van der Waals surface area contributed by atoms with E-state index in [0.717, 1.165) is 13.1 Å². The average molecular weight is 261 g/mol. The van der Waals surface area contributed by atoms with E-state index >= 15 is 0 Å². The Bertz CT molecular complexity index is 350. The molecule has 0 aromatic heterocycles. The van der Waals surface area contributed by atoms with Crippen LogP contribution in [-0.2, 0) is 0 Å². The highest BCUT2D eigenvalue weighted by Gasteiger charge is 2.21.